The van der Waals surface area contributed by atoms with Crippen molar-refractivity contribution < 1.29 is 17.6 Å². The second-order valence-corrected chi connectivity index (χ2v) is 10.1. The molecular formula is C22H25FN2O3S. The van der Waals surface area contributed by atoms with E-state index in [1.165, 1.54) is 35.7 Å². The van der Waals surface area contributed by atoms with Crippen LogP contribution >= 0.6 is 0 Å². The number of amides is 1. The highest BCUT2D eigenvalue weighted by Gasteiger charge is 2.40. The summed E-state index contributed by atoms with van der Waals surface area (Å²) in [5.41, 5.74) is 1.66. The zero-order valence-electron chi connectivity index (χ0n) is 16.3. The number of anilines is 1. The van der Waals surface area contributed by atoms with Crippen LogP contribution in [0.4, 0.5) is 10.1 Å². The summed E-state index contributed by atoms with van der Waals surface area (Å²) in [5, 5.41) is 3.14. The standard InChI is InChI=1S/C22H25FN2O3S/c1-29(27,28)25(14-15-3-8-19(23)9-4-15)20-10-6-17(7-11-20)22(26)24-21-13-16-2-5-18(21)12-16/h3-4,6-11,16,18,21H,2,5,12-14H2,1H3,(H,24,26). The summed E-state index contributed by atoms with van der Waals surface area (Å²) < 4.78 is 39.0. The molecule has 0 saturated heterocycles. The number of carbonyl (C=O) groups excluding carboxylic acids is 1. The molecule has 1 amide bonds. The van der Waals surface area contributed by atoms with E-state index in [0.717, 1.165) is 18.6 Å². The van der Waals surface area contributed by atoms with Gasteiger partial charge in [-0.2, -0.15) is 0 Å². The minimum atomic E-state index is -3.54. The molecule has 2 aliphatic rings. The summed E-state index contributed by atoms with van der Waals surface area (Å²) in [7, 11) is -3.54. The van der Waals surface area contributed by atoms with Crippen LogP contribution in [-0.4, -0.2) is 26.6 Å². The quantitative estimate of drug-likeness (QED) is 0.781. The maximum atomic E-state index is 13.1. The zero-order chi connectivity index (χ0) is 20.6. The fourth-order valence-electron chi connectivity index (χ4n) is 4.61. The minimum Gasteiger partial charge on any atom is -0.349 e. The Bertz CT molecular complexity index is 990. The average molecular weight is 417 g/mol. The fourth-order valence-corrected chi connectivity index (χ4v) is 5.50. The Balaban J connectivity index is 1.48. The molecule has 0 radical (unpaired) electrons. The predicted molar refractivity (Wildman–Crippen MR) is 111 cm³/mol. The van der Waals surface area contributed by atoms with E-state index < -0.39 is 10.0 Å². The Labute approximate surface area is 171 Å². The highest BCUT2D eigenvalue weighted by atomic mass is 32.2. The molecule has 2 saturated carbocycles. The van der Waals surface area contributed by atoms with Gasteiger partial charge in [0.25, 0.3) is 5.91 Å². The van der Waals surface area contributed by atoms with E-state index in [0.29, 0.717) is 22.7 Å². The Kier molecular flexibility index (Phi) is 5.34. The molecule has 29 heavy (non-hydrogen) atoms. The second-order valence-electron chi connectivity index (χ2n) is 8.20. The SMILES string of the molecule is CS(=O)(=O)N(Cc1ccc(F)cc1)c1ccc(C(=O)NC2CC3CCC2C3)cc1. The third-order valence-corrected chi connectivity index (χ3v) is 7.25. The van der Waals surface area contributed by atoms with Crippen LogP contribution in [0.3, 0.4) is 0 Å². The van der Waals surface area contributed by atoms with Crippen molar-refractivity contribution in [1.29, 1.82) is 0 Å². The van der Waals surface area contributed by atoms with Crippen LogP contribution in [0, 0.1) is 17.7 Å². The summed E-state index contributed by atoms with van der Waals surface area (Å²) in [5.74, 6) is 0.867. The molecule has 2 fully saturated rings. The number of halogens is 1. The largest absolute Gasteiger partial charge is 0.349 e. The molecule has 4 rings (SSSR count). The van der Waals surface area contributed by atoms with Crippen LogP contribution in [-0.2, 0) is 16.6 Å². The molecule has 7 heteroatoms. The third-order valence-electron chi connectivity index (χ3n) is 6.11. The van der Waals surface area contributed by atoms with E-state index in [1.54, 1.807) is 36.4 Å². The molecule has 0 aliphatic heterocycles. The van der Waals surface area contributed by atoms with Crippen molar-refractivity contribution in [2.24, 2.45) is 11.8 Å². The van der Waals surface area contributed by atoms with Crippen LogP contribution in [0.1, 0.15) is 41.6 Å². The number of nitrogens with one attached hydrogen (secondary N) is 1. The van der Waals surface area contributed by atoms with Gasteiger partial charge in [0.1, 0.15) is 5.82 Å². The number of carbonyl (C=O) groups is 1. The average Bonchev–Trinajstić information content (AvgIpc) is 3.30. The lowest BCUT2D eigenvalue weighted by Gasteiger charge is -2.24. The first-order valence-corrected chi connectivity index (χ1v) is 11.8. The summed E-state index contributed by atoms with van der Waals surface area (Å²) in [6.45, 7) is 0.0931. The van der Waals surface area contributed by atoms with Gasteiger partial charge in [0.05, 0.1) is 18.5 Å². The molecule has 0 heterocycles. The Morgan fingerprint density at radius 1 is 1.07 bits per heavy atom. The molecule has 2 aromatic carbocycles. The molecular weight excluding hydrogens is 391 g/mol. The smallest absolute Gasteiger partial charge is 0.251 e. The van der Waals surface area contributed by atoms with E-state index in [9.17, 15) is 17.6 Å². The molecule has 1 N–H and O–H groups in total. The van der Waals surface area contributed by atoms with E-state index in [-0.39, 0.29) is 24.3 Å². The van der Waals surface area contributed by atoms with Crippen molar-refractivity contribution in [2.45, 2.75) is 38.3 Å². The van der Waals surface area contributed by atoms with E-state index in [1.807, 2.05) is 0 Å². The van der Waals surface area contributed by atoms with Gasteiger partial charge in [0, 0.05) is 11.6 Å². The van der Waals surface area contributed by atoms with Crippen molar-refractivity contribution in [2.75, 3.05) is 10.6 Å². The second kappa shape index (κ2) is 7.78. The number of nitrogens with zero attached hydrogens (tertiary/aromatic N) is 1. The number of fused-ring (bicyclic) bond motifs is 2. The van der Waals surface area contributed by atoms with Gasteiger partial charge in [-0.05, 0) is 73.1 Å². The summed E-state index contributed by atoms with van der Waals surface area (Å²) in [6, 6.07) is 12.6. The van der Waals surface area contributed by atoms with Crippen LogP contribution in [0.25, 0.3) is 0 Å². The van der Waals surface area contributed by atoms with Gasteiger partial charge in [-0.1, -0.05) is 18.6 Å². The van der Waals surface area contributed by atoms with E-state index in [2.05, 4.69) is 5.32 Å². The van der Waals surface area contributed by atoms with Gasteiger partial charge >= 0.3 is 0 Å². The monoisotopic (exact) mass is 416 g/mol. The first-order valence-electron chi connectivity index (χ1n) is 9.92. The maximum Gasteiger partial charge on any atom is 0.251 e. The molecule has 3 atom stereocenters. The van der Waals surface area contributed by atoms with Crippen molar-refractivity contribution in [3.63, 3.8) is 0 Å². The fraction of sp³-hybridized carbons (Fsp3) is 0.409. The van der Waals surface area contributed by atoms with Crippen molar-refractivity contribution >= 4 is 21.6 Å². The summed E-state index contributed by atoms with van der Waals surface area (Å²) in [6.07, 6.45) is 5.89. The highest BCUT2D eigenvalue weighted by Crippen LogP contribution is 2.44. The summed E-state index contributed by atoms with van der Waals surface area (Å²) >= 11 is 0. The molecule has 5 nitrogen and oxygen atoms in total. The van der Waals surface area contributed by atoms with Crippen LogP contribution in [0.15, 0.2) is 48.5 Å². The van der Waals surface area contributed by atoms with E-state index in [4.69, 9.17) is 0 Å². The molecule has 0 spiro atoms. The van der Waals surface area contributed by atoms with Gasteiger partial charge in [-0.3, -0.25) is 9.10 Å². The first kappa shape index (κ1) is 19.9. The Hall–Kier alpha value is -2.41. The minimum absolute atomic E-state index is 0.0931. The molecule has 3 unspecified atom stereocenters. The van der Waals surface area contributed by atoms with Crippen molar-refractivity contribution in [1.82, 2.24) is 5.32 Å². The topological polar surface area (TPSA) is 66.5 Å². The normalized spacial score (nSPS) is 23.2. The lowest BCUT2D eigenvalue weighted by Crippen LogP contribution is -2.38. The Morgan fingerprint density at radius 2 is 1.76 bits per heavy atom. The van der Waals surface area contributed by atoms with Gasteiger partial charge < -0.3 is 5.32 Å². The van der Waals surface area contributed by atoms with Crippen LogP contribution < -0.4 is 9.62 Å². The van der Waals surface area contributed by atoms with Gasteiger partial charge in [0.2, 0.25) is 10.0 Å². The number of benzene rings is 2. The molecule has 2 aliphatic carbocycles. The number of sulfonamides is 1. The van der Waals surface area contributed by atoms with Gasteiger partial charge in [-0.15, -0.1) is 0 Å². The van der Waals surface area contributed by atoms with Gasteiger partial charge in [-0.25, -0.2) is 12.8 Å². The third kappa shape index (κ3) is 4.45. The number of hydrogen-bond acceptors (Lipinski definition) is 3. The van der Waals surface area contributed by atoms with Gasteiger partial charge in [0.15, 0.2) is 0 Å². The van der Waals surface area contributed by atoms with Crippen LogP contribution in [0.2, 0.25) is 0 Å². The molecule has 2 bridgehead atoms. The maximum absolute atomic E-state index is 13.1. The zero-order valence-corrected chi connectivity index (χ0v) is 17.2. The van der Waals surface area contributed by atoms with Crippen LogP contribution in [0.5, 0.6) is 0 Å². The summed E-state index contributed by atoms with van der Waals surface area (Å²) in [4.78, 5) is 12.6. The molecule has 0 aromatic heterocycles. The predicted octanol–water partition coefficient (Wildman–Crippen LogP) is 3.71. The lowest BCUT2D eigenvalue weighted by atomic mass is 9.95. The highest BCUT2D eigenvalue weighted by molar-refractivity contribution is 7.92. The van der Waals surface area contributed by atoms with E-state index >= 15 is 0 Å². The molecule has 2 aromatic rings. The van der Waals surface area contributed by atoms with Crippen molar-refractivity contribution in [3.05, 3.63) is 65.5 Å². The number of hydrogen-bond donors (Lipinski definition) is 1. The number of rotatable bonds is 6. The first-order chi connectivity index (χ1) is 13.8. The Morgan fingerprint density at radius 3 is 2.31 bits per heavy atom. The molecule has 154 valence electrons. The lowest BCUT2D eigenvalue weighted by molar-refractivity contribution is 0.0923. The van der Waals surface area contributed by atoms with Crippen molar-refractivity contribution in [3.8, 4) is 0 Å².